The summed E-state index contributed by atoms with van der Waals surface area (Å²) in [6.07, 6.45) is 0. The molecule has 2 heterocycles. The molecule has 0 fully saturated rings. The number of carboxylic acids is 1. The van der Waals surface area contributed by atoms with Gasteiger partial charge in [-0.15, -0.1) is 0 Å². The Morgan fingerprint density at radius 3 is 2.71 bits per heavy atom. The molecule has 0 unspecified atom stereocenters. The summed E-state index contributed by atoms with van der Waals surface area (Å²) in [6.45, 7) is 3.68. The number of nitrogens with zero attached hydrogens (tertiary/aromatic N) is 2. The molecule has 0 bridgehead atoms. The molecule has 0 spiro atoms. The number of rotatable bonds is 3. The molecule has 2 aromatic rings. The smallest absolute Gasteiger partial charge is 0.354 e. The zero-order valence-corrected chi connectivity index (χ0v) is 10.1. The van der Waals surface area contributed by atoms with E-state index in [-0.39, 0.29) is 5.69 Å². The fraction of sp³-hybridized carbons (Fsp3) is 0.182. The highest BCUT2D eigenvalue weighted by Gasteiger charge is 2.10. The maximum absolute atomic E-state index is 10.8. The molecule has 2 aromatic heterocycles. The Morgan fingerprint density at radius 1 is 1.35 bits per heavy atom. The van der Waals surface area contributed by atoms with E-state index >= 15 is 0 Å². The number of aryl methyl sites for hydroxylation is 2. The predicted octanol–water partition coefficient (Wildman–Crippen LogP) is 2.54. The second-order valence-corrected chi connectivity index (χ2v) is 4.36. The van der Waals surface area contributed by atoms with Gasteiger partial charge in [0.25, 0.3) is 5.22 Å². The number of carbonyl (C=O) groups is 1. The van der Waals surface area contributed by atoms with Gasteiger partial charge >= 0.3 is 5.97 Å². The van der Waals surface area contributed by atoms with Gasteiger partial charge in [0.05, 0.1) is 5.69 Å². The van der Waals surface area contributed by atoms with Crippen molar-refractivity contribution in [3.63, 3.8) is 0 Å². The summed E-state index contributed by atoms with van der Waals surface area (Å²) in [5.74, 6) is -0.297. The van der Waals surface area contributed by atoms with Gasteiger partial charge in [-0.25, -0.2) is 14.8 Å². The molecule has 0 radical (unpaired) electrons. The number of oxazole rings is 1. The second kappa shape index (κ2) is 4.58. The summed E-state index contributed by atoms with van der Waals surface area (Å²) in [7, 11) is 0. The first-order valence-electron chi connectivity index (χ1n) is 4.88. The van der Waals surface area contributed by atoms with Crippen molar-refractivity contribution >= 4 is 17.7 Å². The lowest BCUT2D eigenvalue weighted by molar-refractivity contribution is 0.0689. The van der Waals surface area contributed by atoms with E-state index in [0.717, 1.165) is 11.5 Å². The molecule has 0 amide bonds. The minimum atomic E-state index is -1.05. The number of aromatic nitrogens is 2. The van der Waals surface area contributed by atoms with Crippen LogP contribution in [0.25, 0.3) is 0 Å². The van der Waals surface area contributed by atoms with Crippen LogP contribution in [0.5, 0.6) is 0 Å². The maximum atomic E-state index is 10.8. The van der Waals surface area contributed by atoms with Crippen LogP contribution in [0, 0.1) is 13.8 Å². The Kier molecular flexibility index (Phi) is 3.14. The molecule has 0 saturated carbocycles. The molecule has 2 rings (SSSR count). The molecule has 0 saturated heterocycles. The molecule has 0 aromatic carbocycles. The van der Waals surface area contributed by atoms with Crippen molar-refractivity contribution in [2.75, 3.05) is 0 Å². The zero-order chi connectivity index (χ0) is 12.4. The fourth-order valence-corrected chi connectivity index (χ4v) is 1.99. The molecule has 1 N–H and O–H groups in total. The first-order valence-corrected chi connectivity index (χ1v) is 5.70. The van der Waals surface area contributed by atoms with Crippen molar-refractivity contribution in [1.29, 1.82) is 0 Å². The largest absolute Gasteiger partial charge is 0.477 e. The summed E-state index contributed by atoms with van der Waals surface area (Å²) in [6, 6.07) is 4.80. The van der Waals surface area contributed by atoms with Crippen molar-refractivity contribution in [3.05, 3.63) is 35.3 Å². The second-order valence-electron chi connectivity index (χ2n) is 3.39. The lowest BCUT2D eigenvalue weighted by atomic mass is 10.4. The zero-order valence-electron chi connectivity index (χ0n) is 9.30. The lowest BCUT2D eigenvalue weighted by Gasteiger charge is -1.97. The molecular weight excluding hydrogens is 240 g/mol. The summed E-state index contributed by atoms with van der Waals surface area (Å²) in [5.41, 5.74) is 0.830. The molecule has 0 aliphatic rings. The van der Waals surface area contributed by atoms with Crippen LogP contribution in [0.4, 0.5) is 0 Å². The number of carboxylic acid groups (broad SMARTS) is 1. The standard InChI is InChI=1S/C11H10N2O3S/c1-6-7(2)16-11(12-6)17-9-5-3-4-8(13-9)10(14)15/h3-5H,1-2H3,(H,14,15). The van der Waals surface area contributed by atoms with Crippen LogP contribution in [-0.2, 0) is 0 Å². The molecule has 0 atom stereocenters. The molecular formula is C11H10N2O3S. The summed E-state index contributed by atoms with van der Waals surface area (Å²) in [4.78, 5) is 18.9. The summed E-state index contributed by atoms with van der Waals surface area (Å²) >= 11 is 1.20. The van der Waals surface area contributed by atoms with Crippen LogP contribution in [0.3, 0.4) is 0 Å². The van der Waals surface area contributed by atoms with Gasteiger partial charge in [0.2, 0.25) is 0 Å². The molecule has 0 aliphatic heterocycles. The van der Waals surface area contributed by atoms with Gasteiger partial charge in [0.15, 0.2) is 0 Å². The van der Waals surface area contributed by atoms with E-state index < -0.39 is 5.97 Å². The molecule has 88 valence electrons. The molecule has 0 aliphatic carbocycles. The number of aromatic carboxylic acids is 1. The lowest BCUT2D eigenvalue weighted by Crippen LogP contribution is -1.99. The van der Waals surface area contributed by atoms with Crippen LogP contribution in [-0.4, -0.2) is 21.0 Å². The third-order valence-electron chi connectivity index (χ3n) is 2.14. The van der Waals surface area contributed by atoms with Crippen molar-refractivity contribution in [2.45, 2.75) is 24.1 Å². The molecule has 6 heteroatoms. The van der Waals surface area contributed by atoms with Crippen molar-refractivity contribution in [1.82, 2.24) is 9.97 Å². The quantitative estimate of drug-likeness (QED) is 0.902. The Balaban J connectivity index is 2.24. The van der Waals surface area contributed by atoms with Gasteiger partial charge in [-0.2, -0.15) is 0 Å². The Hall–Kier alpha value is -1.82. The molecule has 17 heavy (non-hydrogen) atoms. The van der Waals surface area contributed by atoms with Crippen LogP contribution >= 0.6 is 11.8 Å². The Morgan fingerprint density at radius 2 is 2.12 bits per heavy atom. The van der Waals surface area contributed by atoms with Crippen molar-refractivity contribution < 1.29 is 14.3 Å². The van der Waals surface area contributed by atoms with Crippen LogP contribution in [0.15, 0.2) is 32.9 Å². The van der Waals surface area contributed by atoms with E-state index in [0.29, 0.717) is 10.2 Å². The van der Waals surface area contributed by atoms with Crippen molar-refractivity contribution in [3.8, 4) is 0 Å². The third-order valence-corrected chi connectivity index (χ3v) is 2.93. The van der Waals surface area contributed by atoms with E-state index in [4.69, 9.17) is 9.52 Å². The Labute approximate surface area is 102 Å². The highest BCUT2D eigenvalue weighted by molar-refractivity contribution is 7.99. The number of hydrogen-bond donors (Lipinski definition) is 1. The van der Waals surface area contributed by atoms with Crippen LogP contribution in [0.1, 0.15) is 21.9 Å². The van der Waals surface area contributed by atoms with Crippen LogP contribution < -0.4 is 0 Å². The van der Waals surface area contributed by atoms with Gasteiger partial charge in [-0.05, 0) is 37.7 Å². The number of hydrogen-bond acceptors (Lipinski definition) is 5. The van der Waals surface area contributed by atoms with E-state index in [1.165, 1.54) is 17.8 Å². The summed E-state index contributed by atoms with van der Waals surface area (Å²) < 4.78 is 5.38. The SMILES string of the molecule is Cc1nc(Sc2cccc(C(=O)O)n2)oc1C. The average Bonchev–Trinajstić information content (AvgIpc) is 2.58. The maximum Gasteiger partial charge on any atom is 0.354 e. The first-order chi connectivity index (χ1) is 8.06. The van der Waals surface area contributed by atoms with E-state index in [1.807, 2.05) is 13.8 Å². The topological polar surface area (TPSA) is 76.2 Å². The monoisotopic (exact) mass is 250 g/mol. The summed E-state index contributed by atoms with van der Waals surface area (Å²) in [5, 5.41) is 9.83. The van der Waals surface area contributed by atoms with Crippen LogP contribution in [0.2, 0.25) is 0 Å². The highest BCUT2D eigenvalue weighted by Crippen LogP contribution is 2.26. The highest BCUT2D eigenvalue weighted by atomic mass is 32.2. The number of pyridine rings is 1. The van der Waals surface area contributed by atoms with Gasteiger partial charge in [-0.1, -0.05) is 6.07 Å². The normalized spacial score (nSPS) is 10.5. The van der Waals surface area contributed by atoms with E-state index in [9.17, 15) is 4.79 Å². The minimum absolute atomic E-state index is 0.00926. The third kappa shape index (κ3) is 2.65. The van der Waals surface area contributed by atoms with E-state index in [1.54, 1.807) is 12.1 Å². The minimum Gasteiger partial charge on any atom is -0.477 e. The Bertz CT molecular complexity index is 546. The van der Waals surface area contributed by atoms with Gasteiger partial charge < -0.3 is 9.52 Å². The fourth-order valence-electron chi connectivity index (χ4n) is 1.17. The molecule has 5 nitrogen and oxygen atoms in total. The average molecular weight is 250 g/mol. The van der Waals surface area contributed by atoms with Crippen molar-refractivity contribution in [2.24, 2.45) is 0 Å². The van der Waals surface area contributed by atoms with Gasteiger partial charge in [-0.3, -0.25) is 0 Å². The first kappa shape index (κ1) is 11.7. The predicted molar refractivity (Wildman–Crippen MR) is 61.3 cm³/mol. The van der Waals surface area contributed by atoms with Gasteiger partial charge in [0.1, 0.15) is 16.5 Å². The van der Waals surface area contributed by atoms with E-state index in [2.05, 4.69) is 9.97 Å². The van der Waals surface area contributed by atoms with Gasteiger partial charge in [0, 0.05) is 0 Å².